The number of aromatic nitrogens is 1. The topological polar surface area (TPSA) is 34.5 Å². The van der Waals surface area contributed by atoms with Crippen molar-refractivity contribution in [1.82, 2.24) is 4.57 Å². The van der Waals surface area contributed by atoms with E-state index in [4.69, 9.17) is 4.74 Å². The highest BCUT2D eigenvalue weighted by atomic mass is 16.6. The van der Waals surface area contributed by atoms with Crippen LogP contribution < -0.4 is 4.90 Å². The highest BCUT2D eigenvalue weighted by molar-refractivity contribution is 5.75. The van der Waals surface area contributed by atoms with Crippen LogP contribution >= 0.6 is 0 Å². The van der Waals surface area contributed by atoms with E-state index in [-0.39, 0.29) is 6.09 Å². The summed E-state index contributed by atoms with van der Waals surface area (Å²) in [5.41, 5.74) is -0.467. The fraction of sp³-hybridized carbons (Fsp3) is 0.545. The third-order valence-corrected chi connectivity index (χ3v) is 1.78. The van der Waals surface area contributed by atoms with Gasteiger partial charge in [0.25, 0.3) is 0 Å². The van der Waals surface area contributed by atoms with Gasteiger partial charge in [0.05, 0.1) is 0 Å². The van der Waals surface area contributed by atoms with Crippen LogP contribution in [0, 0.1) is 0 Å². The first kappa shape index (κ1) is 11.6. The standard InChI is InChI=1S/C11H18N2O2/c1-11(2,3)15-10(14)13-8-6-7-9(13)12(4)5/h6-8H,1-5H3. The Morgan fingerprint density at radius 1 is 1.40 bits per heavy atom. The summed E-state index contributed by atoms with van der Waals surface area (Å²) in [5, 5.41) is 0. The molecule has 0 unspecified atom stereocenters. The zero-order chi connectivity index (χ0) is 11.6. The number of nitrogens with zero attached hydrogens (tertiary/aromatic N) is 2. The highest BCUT2D eigenvalue weighted by Crippen LogP contribution is 2.15. The van der Waals surface area contributed by atoms with Crippen molar-refractivity contribution in [2.75, 3.05) is 19.0 Å². The molecule has 0 saturated carbocycles. The van der Waals surface area contributed by atoms with Crippen LogP contribution in [0.1, 0.15) is 20.8 Å². The van der Waals surface area contributed by atoms with Crippen LogP contribution in [0.5, 0.6) is 0 Å². The van der Waals surface area contributed by atoms with Crippen LogP contribution in [-0.4, -0.2) is 30.4 Å². The predicted octanol–water partition coefficient (Wildman–Crippen LogP) is 2.34. The van der Waals surface area contributed by atoms with Crippen molar-refractivity contribution in [3.8, 4) is 0 Å². The quantitative estimate of drug-likeness (QED) is 0.713. The molecular weight excluding hydrogens is 192 g/mol. The summed E-state index contributed by atoms with van der Waals surface area (Å²) in [6.45, 7) is 5.55. The lowest BCUT2D eigenvalue weighted by Gasteiger charge is -2.21. The molecule has 0 radical (unpaired) electrons. The molecule has 0 aliphatic heterocycles. The molecule has 0 N–H and O–H groups in total. The van der Waals surface area contributed by atoms with E-state index in [1.165, 1.54) is 4.57 Å². The highest BCUT2D eigenvalue weighted by Gasteiger charge is 2.19. The molecule has 1 rings (SSSR count). The first-order chi connectivity index (χ1) is 6.81. The van der Waals surface area contributed by atoms with E-state index >= 15 is 0 Å². The summed E-state index contributed by atoms with van der Waals surface area (Å²) < 4.78 is 6.76. The van der Waals surface area contributed by atoms with Gasteiger partial charge in [-0.05, 0) is 32.9 Å². The van der Waals surface area contributed by atoms with Gasteiger partial charge in [-0.15, -0.1) is 0 Å². The summed E-state index contributed by atoms with van der Waals surface area (Å²) in [7, 11) is 3.77. The molecule has 0 saturated heterocycles. The smallest absolute Gasteiger partial charge is 0.420 e. The van der Waals surface area contributed by atoms with Crippen molar-refractivity contribution in [2.45, 2.75) is 26.4 Å². The van der Waals surface area contributed by atoms with Crippen LogP contribution in [0.3, 0.4) is 0 Å². The van der Waals surface area contributed by atoms with E-state index in [2.05, 4.69) is 0 Å². The van der Waals surface area contributed by atoms with E-state index in [0.717, 1.165) is 5.82 Å². The van der Waals surface area contributed by atoms with Crippen LogP contribution in [0.2, 0.25) is 0 Å². The lowest BCUT2D eigenvalue weighted by Crippen LogP contribution is -2.28. The summed E-state index contributed by atoms with van der Waals surface area (Å²) in [5.74, 6) is 0.809. The predicted molar refractivity (Wildman–Crippen MR) is 60.4 cm³/mol. The average molecular weight is 210 g/mol. The maximum atomic E-state index is 11.8. The Hall–Kier alpha value is -1.45. The number of hydrogen-bond acceptors (Lipinski definition) is 3. The van der Waals surface area contributed by atoms with Gasteiger partial charge in [-0.1, -0.05) is 0 Å². The molecular formula is C11H18N2O2. The van der Waals surface area contributed by atoms with Crippen LogP contribution in [0.15, 0.2) is 18.3 Å². The first-order valence-electron chi connectivity index (χ1n) is 4.89. The number of hydrogen-bond donors (Lipinski definition) is 0. The Balaban J connectivity index is 2.87. The van der Waals surface area contributed by atoms with Gasteiger partial charge in [-0.3, -0.25) is 0 Å². The second-order valence-electron chi connectivity index (χ2n) is 4.61. The monoisotopic (exact) mass is 210 g/mol. The third kappa shape index (κ3) is 3.01. The molecule has 84 valence electrons. The molecule has 15 heavy (non-hydrogen) atoms. The molecule has 4 heteroatoms. The number of carbonyl (C=O) groups is 1. The number of carbonyl (C=O) groups excluding carboxylic acids is 1. The first-order valence-corrected chi connectivity index (χ1v) is 4.89. The molecule has 0 fully saturated rings. The van der Waals surface area contributed by atoms with Gasteiger partial charge in [0.2, 0.25) is 0 Å². The van der Waals surface area contributed by atoms with E-state index in [1.807, 2.05) is 51.9 Å². The van der Waals surface area contributed by atoms with Gasteiger partial charge in [-0.25, -0.2) is 9.36 Å². The lowest BCUT2D eigenvalue weighted by atomic mass is 10.2. The van der Waals surface area contributed by atoms with Crippen molar-refractivity contribution in [3.05, 3.63) is 18.3 Å². The van der Waals surface area contributed by atoms with E-state index < -0.39 is 5.60 Å². The van der Waals surface area contributed by atoms with Crippen molar-refractivity contribution >= 4 is 11.9 Å². The van der Waals surface area contributed by atoms with Gasteiger partial charge < -0.3 is 9.64 Å². The maximum absolute atomic E-state index is 11.8. The minimum absolute atomic E-state index is 0.351. The largest absolute Gasteiger partial charge is 0.443 e. The molecule has 4 nitrogen and oxygen atoms in total. The van der Waals surface area contributed by atoms with Crippen LogP contribution in [-0.2, 0) is 4.74 Å². The minimum atomic E-state index is -0.467. The number of rotatable bonds is 1. The Bertz CT molecular complexity index is 348. The van der Waals surface area contributed by atoms with E-state index in [9.17, 15) is 4.79 Å². The fourth-order valence-corrected chi connectivity index (χ4v) is 1.20. The SMILES string of the molecule is CN(C)c1cccn1C(=O)OC(C)(C)C. The van der Waals surface area contributed by atoms with Crippen molar-refractivity contribution in [3.63, 3.8) is 0 Å². The maximum Gasteiger partial charge on any atom is 0.420 e. The Morgan fingerprint density at radius 2 is 2.00 bits per heavy atom. The summed E-state index contributed by atoms with van der Waals surface area (Å²) in [6.07, 6.45) is 1.35. The Kier molecular flexibility index (Phi) is 3.07. The molecule has 0 aliphatic rings. The zero-order valence-corrected chi connectivity index (χ0v) is 9.94. The molecule has 0 aliphatic carbocycles. The fourth-order valence-electron chi connectivity index (χ4n) is 1.20. The molecule has 0 atom stereocenters. The van der Waals surface area contributed by atoms with Gasteiger partial charge >= 0.3 is 6.09 Å². The van der Waals surface area contributed by atoms with E-state index in [1.54, 1.807) is 6.20 Å². The normalized spacial score (nSPS) is 11.3. The second kappa shape index (κ2) is 3.96. The van der Waals surface area contributed by atoms with Crippen molar-refractivity contribution < 1.29 is 9.53 Å². The molecule has 0 amide bonds. The Labute approximate surface area is 90.4 Å². The second-order valence-corrected chi connectivity index (χ2v) is 4.61. The number of ether oxygens (including phenoxy) is 1. The average Bonchev–Trinajstić information content (AvgIpc) is 2.47. The number of anilines is 1. The minimum Gasteiger partial charge on any atom is -0.443 e. The molecule has 1 heterocycles. The molecule has 0 aromatic carbocycles. The lowest BCUT2D eigenvalue weighted by molar-refractivity contribution is 0.0540. The van der Waals surface area contributed by atoms with E-state index in [0.29, 0.717) is 0 Å². The van der Waals surface area contributed by atoms with Crippen LogP contribution in [0.4, 0.5) is 10.6 Å². The van der Waals surface area contributed by atoms with Crippen molar-refractivity contribution in [2.24, 2.45) is 0 Å². The molecule has 0 bridgehead atoms. The summed E-state index contributed by atoms with van der Waals surface area (Å²) in [4.78, 5) is 13.6. The van der Waals surface area contributed by atoms with Gasteiger partial charge in [0.1, 0.15) is 11.4 Å². The molecule has 1 aromatic rings. The molecule has 0 spiro atoms. The zero-order valence-electron chi connectivity index (χ0n) is 9.94. The van der Waals surface area contributed by atoms with Gasteiger partial charge in [0, 0.05) is 20.3 Å². The van der Waals surface area contributed by atoms with Crippen molar-refractivity contribution in [1.29, 1.82) is 0 Å². The summed E-state index contributed by atoms with van der Waals surface area (Å²) in [6, 6.07) is 3.68. The van der Waals surface area contributed by atoms with Gasteiger partial charge in [0.15, 0.2) is 0 Å². The summed E-state index contributed by atoms with van der Waals surface area (Å²) >= 11 is 0. The molecule has 1 aromatic heterocycles. The van der Waals surface area contributed by atoms with Crippen LogP contribution in [0.25, 0.3) is 0 Å². The Morgan fingerprint density at radius 3 is 2.47 bits per heavy atom. The third-order valence-electron chi connectivity index (χ3n) is 1.78. The van der Waals surface area contributed by atoms with Gasteiger partial charge in [-0.2, -0.15) is 0 Å².